The molecule has 2 fully saturated rings. The number of nitrogens with zero attached hydrogens (tertiary/aromatic N) is 2. The molecule has 41 heavy (non-hydrogen) atoms. The van der Waals surface area contributed by atoms with Gasteiger partial charge in [-0.2, -0.15) is 0 Å². The molecule has 7 rings (SSSR count). The molecule has 3 amide bonds. The van der Waals surface area contributed by atoms with Crippen molar-refractivity contribution >= 4 is 23.7 Å². The third-order valence-electron chi connectivity index (χ3n) is 9.73. The van der Waals surface area contributed by atoms with E-state index in [4.69, 9.17) is 13.9 Å². The van der Waals surface area contributed by atoms with Crippen LogP contribution in [0.1, 0.15) is 36.0 Å². The van der Waals surface area contributed by atoms with Crippen molar-refractivity contribution in [1.29, 1.82) is 0 Å². The first-order valence-electron chi connectivity index (χ1n) is 14.1. The minimum atomic E-state index is -1.23. The quantitative estimate of drug-likeness (QED) is 0.457. The highest BCUT2D eigenvalue weighted by Gasteiger charge is 2.74. The predicted molar refractivity (Wildman–Crippen MR) is 152 cm³/mol. The lowest BCUT2D eigenvalue weighted by Crippen LogP contribution is -2.78. The predicted octanol–water partition coefficient (Wildman–Crippen LogP) is 4.21. The Balaban J connectivity index is 1.26. The van der Waals surface area contributed by atoms with Crippen molar-refractivity contribution in [2.45, 2.75) is 54.9 Å². The second-order valence-electron chi connectivity index (χ2n) is 11.5. The number of hydrogen-bond acceptors (Lipinski definition) is 6. The number of nitrogens with one attached hydrogen (secondary N) is 1. The van der Waals surface area contributed by atoms with Crippen LogP contribution in [-0.2, 0) is 16.6 Å². The summed E-state index contributed by atoms with van der Waals surface area (Å²) in [5.41, 5.74) is 1.51. The number of aliphatic hydroxyl groups is 1. The van der Waals surface area contributed by atoms with Crippen molar-refractivity contribution in [2.75, 3.05) is 26.0 Å². The van der Waals surface area contributed by atoms with Gasteiger partial charge in [0.2, 0.25) is 5.91 Å². The Kier molecular flexibility index (Phi) is 5.90. The van der Waals surface area contributed by atoms with Crippen LogP contribution in [-0.4, -0.2) is 71.3 Å². The van der Waals surface area contributed by atoms with Crippen LogP contribution in [0.4, 0.5) is 10.5 Å². The molecular formula is C32H33N3O6. The Labute approximate surface area is 238 Å². The molecule has 9 heteroatoms. The maximum absolute atomic E-state index is 13.6. The van der Waals surface area contributed by atoms with Crippen LogP contribution < -0.4 is 14.8 Å². The first-order chi connectivity index (χ1) is 19.9. The third-order valence-corrected chi connectivity index (χ3v) is 9.73. The van der Waals surface area contributed by atoms with Crippen LogP contribution in [0.2, 0.25) is 0 Å². The highest BCUT2D eigenvalue weighted by molar-refractivity contribution is 5.92. The number of likely N-dealkylation sites (N-methyl/N-ethyl adjacent to an activating group) is 1. The van der Waals surface area contributed by atoms with Crippen molar-refractivity contribution in [2.24, 2.45) is 0 Å². The molecule has 9 nitrogen and oxygen atoms in total. The smallest absolute Gasteiger partial charge is 0.322 e. The van der Waals surface area contributed by atoms with E-state index >= 15 is 0 Å². The number of benzene rings is 2. The van der Waals surface area contributed by atoms with E-state index in [1.54, 1.807) is 48.6 Å². The van der Waals surface area contributed by atoms with Crippen LogP contribution in [0.25, 0.3) is 6.08 Å². The molecular weight excluding hydrogens is 522 g/mol. The topological polar surface area (TPSA) is 104 Å². The molecule has 1 saturated carbocycles. The molecule has 3 aromatic rings. The molecule has 1 saturated heterocycles. The second kappa shape index (κ2) is 9.41. The van der Waals surface area contributed by atoms with Gasteiger partial charge in [0.1, 0.15) is 6.10 Å². The summed E-state index contributed by atoms with van der Waals surface area (Å²) in [4.78, 5) is 30.5. The fourth-order valence-corrected chi connectivity index (χ4v) is 7.84. The van der Waals surface area contributed by atoms with Gasteiger partial charge >= 0.3 is 6.03 Å². The summed E-state index contributed by atoms with van der Waals surface area (Å²) in [6.45, 7) is 0.451. The number of piperidine rings is 1. The molecule has 1 spiro atoms. The van der Waals surface area contributed by atoms with Gasteiger partial charge in [-0.05, 0) is 61.6 Å². The molecule has 2 bridgehead atoms. The molecule has 4 aliphatic rings. The number of urea groups is 1. The summed E-state index contributed by atoms with van der Waals surface area (Å²) < 4.78 is 17.6. The van der Waals surface area contributed by atoms with Crippen LogP contribution in [0.15, 0.2) is 71.6 Å². The van der Waals surface area contributed by atoms with E-state index in [-0.39, 0.29) is 18.0 Å². The summed E-state index contributed by atoms with van der Waals surface area (Å²) in [5.74, 6) is 1.11. The zero-order valence-corrected chi connectivity index (χ0v) is 23.1. The average molecular weight is 556 g/mol. The van der Waals surface area contributed by atoms with E-state index in [0.717, 1.165) is 16.7 Å². The van der Waals surface area contributed by atoms with E-state index in [9.17, 15) is 14.7 Å². The van der Waals surface area contributed by atoms with Gasteiger partial charge in [-0.25, -0.2) is 4.79 Å². The van der Waals surface area contributed by atoms with Crippen LogP contribution >= 0.6 is 0 Å². The number of rotatable bonds is 5. The fourth-order valence-electron chi connectivity index (χ4n) is 7.84. The largest absolute Gasteiger partial charge is 0.493 e. The monoisotopic (exact) mass is 555 g/mol. The van der Waals surface area contributed by atoms with Gasteiger partial charge in [0, 0.05) is 36.5 Å². The van der Waals surface area contributed by atoms with Crippen molar-refractivity contribution in [1.82, 2.24) is 9.80 Å². The number of likely N-dealkylation sites (tertiary alicyclic amines) is 1. The zero-order valence-electron chi connectivity index (χ0n) is 23.1. The van der Waals surface area contributed by atoms with Crippen molar-refractivity contribution < 1.29 is 28.6 Å². The average Bonchev–Trinajstić information content (AvgIpc) is 3.62. The van der Waals surface area contributed by atoms with Gasteiger partial charge in [0.15, 0.2) is 11.5 Å². The molecule has 2 aliphatic heterocycles. The van der Waals surface area contributed by atoms with Crippen LogP contribution in [0.5, 0.6) is 11.5 Å². The van der Waals surface area contributed by atoms with Gasteiger partial charge in [-0.1, -0.05) is 24.3 Å². The van der Waals surface area contributed by atoms with Gasteiger partial charge in [-0.15, -0.1) is 0 Å². The number of amides is 3. The molecule has 1 aromatic heterocycles. The summed E-state index contributed by atoms with van der Waals surface area (Å²) in [7, 11) is 3.41. The molecule has 3 heterocycles. The Morgan fingerprint density at radius 2 is 2.00 bits per heavy atom. The zero-order chi connectivity index (χ0) is 28.4. The number of anilines is 1. The second-order valence-corrected chi connectivity index (χ2v) is 11.5. The van der Waals surface area contributed by atoms with E-state index in [1.807, 2.05) is 42.5 Å². The molecule has 5 atom stereocenters. The summed E-state index contributed by atoms with van der Waals surface area (Å²) >= 11 is 0. The number of carbonyl (C=O) groups is 2. The number of furan rings is 1. The first-order valence-corrected chi connectivity index (χ1v) is 14.1. The van der Waals surface area contributed by atoms with Crippen molar-refractivity contribution in [3.63, 3.8) is 0 Å². The summed E-state index contributed by atoms with van der Waals surface area (Å²) in [5, 5.41) is 15.8. The van der Waals surface area contributed by atoms with Gasteiger partial charge in [0.25, 0.3) is 0 Å². The fraction of sp³-hybridized carbons (Fsp3) is 0.375. The van der Waals surface area contributed by atoms with E-state index in [2.05, 4.69) is 5.32 Å². The number of ether oxygens (including phenoxy) is 2. The Morgan fingerprint density at radius 3 is 2.76 bits per heavy atom. The Hall–Kier alpha value is -4.24. The molecule has 212 valence electrons. The minimum Gasteiger partial charge on any atom is -0.493 e. The third kappa shape index (κ3) is 3.64. The maximum Gasteiger partial charge on any atom is 0.322 e. The molecule has 2 aliphatic carbocycles. The highest BCUT2D eigenvalue weighted by atomic mass is 16.5. The van der Waals surface area contributed by atoms with E-state index in [1.165, 1.54) is 6.08 Å². The number of hydrogen-bond donors (Lipinski definition) is 2. The van der Waals surface area contributed by atoms with Gasteiger partial charge in [0.05, 0.1) is 42.7 Å². The van der Waals surface area contributed by atoms with Crippen LogP contribution in [0, 0.1) is 0 Å². The lowest BCUT2D eigenvalue weighted by molar-refractivity contribution is -0.190. The van der Waals surface area contributed by atoms with Crippen molar-refractivity contribution in [3.05, 3.63) is 83.8 Å². The minimum absolute atomic E-state index is 0.156. The molecule has 0 unspecified atom stereocenters. The number of para-hydroxylation sites is 1. The van der Waals surface area contributed by atoms with Gasteiger partial charge < -0.3 is 34.1 Å². The van der Waals surface area contributed by atoms with E-state index < -0.39 is 23.2 Å². The summed E-state index contributed by atoms with van der Waals surface area (Å²) in [6, 6.07) is 14.1. The van der Waals surface area contributed by atoms with Gasteiger partial charge in [-0.3, -0.25) is 4.79 Å². The summed E-state index contributed by atoms with van der Waals surface area (Å²) in [6.07, 6.45) is 7.89. The van der Waals surface area contributed by atoms with Crippen molar-refractivity contribution in [3.8, 4) is 11.5 Å². The number of methoxy groups -OCH3 is 1. The normalized spacial score (nSPS) is 29.0. The van der Waals surface area contributed by atoms with E-state index in [0.29, 0.717) is 49.4 Å². The molecule has 2 N–H and O–H groups in total. The molecule has 0 radical (unpaired) electrons. The van der Waals surface area contributed by atoms with Crippen LogP contribution in [0.3, 0.4) is 0 Å². The standard InChI is InChI=1S/C32H33N3O6/c1-34(26(36)11-8-20-13-17-40-19-20)23-12-14-32(38)25-18-21-9-10-24(39-2)28-27(21)31(32,29(23)41-28)15-16-35(25)30(37)33-22-6-4-3-5-7-22/h3-11,13,17,19,23,25,29,38H,12,14-16,18H2,1-2H3,(H,33,37)/b11-8+/t23-,25-,29+,31+,32-/m1/s1. The maximum atomic E-state index is 13.6. The highest BCUT2D eigenvalue weighted by Crippen LogP contribution is 2.66. The molecule has 2 aromatic carbocycles. The number of carbonyl (C=O) groups excluding carboxylic acids is 2. The lowest BCUT2D eigenvalue weighted by Gasteiger charge is -2.64. The first kappa shape index (κ1) is 25.7. The Morgan fingerprint density at radius 1 is 1.17 bits per heavy atom. The lowest BCUT2D eigenvalue weighted by atomic mass is 9.48. The Bertz CT molecular complexity index is 1520. The SMILES string of the molecule is COc1ccc2c3c1O[C@H]1[C@H](N(C)C(=O)/C=C/c4ccoc4)CC[C@@]4(O)[C@@H](C2)N(C(=O)Nc2ccccc2)CC[C@]314.